The van der Waals surface area contributed by atoms with E-state index < -0.39 is 0 Å². The summed E-state index contributed by atoms with van der Waals surface area (Å²) in [5, 5.41) is 12.1. The fourth-order valence-electron chi connectivity index (χ4n) is 1.26. The van der Waals surface area contributed by atoms with Gasteiger partial charge in [-0.25, -0.2) is 4.39 Å². The van der Waals surface area contributed by atoms with E-state index in [0.717, 1.165) is 5.56 Å². The summed E-state index contributed by atoms with van der Waals surface area (Å²) in [6.07, 6.45) is 3.48. The number of aliphatic hydroxyl groups excluding tert-OH is 1. The van der Waals surface area contributed by atoms with Gasteiger partial charge in [-0.1, -0.05) is 0 Å². The predicted octanol–water partition coefficient (Wildman–Crippen LogP) is 1.47. The van der Waals surface area contributed by atoms with Gasteiger partial charge in [-0.05, 0) is 31.9 Å². The van der Waals surface area contributed by atoms with Crippen LogP contribution in [0.5, 0.6) is 0 Å². The third-order valence-electron chi connectivity index (χ3n) is 2.27. The van der Waals surface area contributed by atoms with Gasteiger partial charge in [-0.3, -0.25) is 4.98 Å². The molecular formula is C11H17FN2O. The fourth-order valence-corrected chi connectivity index (χ4v) is 1.26. The van der Waals surface area contributed by atoms with Crippen LogP contribution in [0.15, 0.2) is 18.5 Å². The number of rotatable bonds is 5. The number of hydrogen-bond donors (Lipinski definition) is 2. The van der Waals surface area contributed by atoms with Gasteiger partial charge >= 0.3 is 0 Å². The number of nitrogens with one attached hydrogen (secondary N) is 1. The summed E-state index contributed by atoms with van der Waals surface area (Å²) in [4.78, 5) is 3.77. The highest BCUT2D eigenvalue weighted by molar-refractivity contribution is 5.10. The average molecular weight is 212 g/mol. The van der Waals surface area contributed by atoms with Crippen LogP contribution in [0.3, 0.4) is 0 Å². The summed E-state index contributed by atoms with van der Waals surface area (Å²) in [7, 11) is 0. The second kappa shape index (κ2) is 5.19. The molecule has 0 amide bonds. The number of aliphatic hydroxyl groups is 1. The molecule has 0 atom stereocenters. The SMILES string of the molecule is CC(C)(CCO)NCc1cncc(F)c1. The highest BCUT2D eigenvalue weighted by Gasteiger charge is 2.15. The molecule has 0 radical (unpaired) electrons. The third kappa shape index (κ3) is 4.36. The van der Waals surface area contributed by atoms with Crippen molar-refractivity contribution in [3.8, 4) is 0 Å². The molecule has 2 N–H and O–H groups in total. The molecule has 0 saturated heterocycles. The molecule has 0 aliphatic rings. The lowest BCUT2D eigenvalue weighted by atomic mass is 10.0. The molecule has 0 saturated carbocycles. The molecule has 0 spiro atoms. The summed E-state index contributed by atoms with van der Waals surface area (Å²) in [5.74, 6) is -0.325. The summed E-state index contributed by atoms with van der Waals surface area (Å²) in [6, 6.07) is 1.45. The van der Waals surface area contributed by atoms with Crippen molar-refractivity contribution in [1.82, 2.24) is 10.3 Å². The van der Waals surface area contributed by atoms with Gasteiger partial charge in [0, 0.05) is 24.9 Å². The van der Waals surface area contributed by atoms with E-state index in [1.54, 1.807) is 6.20 Å². The molecule has 4 heteroatoms. The fraction of sp³-hybridized carbons (Fsp3) is 0.545. The van der Waals surface area contributed by atoms with Gasteiger partial charge in [-0.2, -0.15) is 0 Å². The van der Waals surface area contributed by atoms with Crippen molar-refractivity contribution < 1.29 is 9.50 Å². The van der Waals surface area contributed by atoms with Crippen molar-refractivity contribution in [2.45, 2.75) is 32.4 Å². The van der Waals surface area contributed by atoms with Crippen LogP contribution in [-0.4, -0.2) is 22.2 Å². The largest absolute Gasteiger partial charge is 0.396 e. The van der Waals surface area contributed by atoms with E-state index in [9.17, 15) is 4.39 Å². The van der Waals surface area contributed by atoms with Gasteiger partial charge in [0.05, 0.1) is 6.20 Å². The Hall–Kier alpha value is -1.00. The molecule has 1 rings (SSSR count). The van der Waals surface area contributed by atoms with Gasteiger partial charge in [-0.15, -0.1) is 0 Å². The van der Waals surface area contributed by atoms with E-state index in [0.29, 0.717) is 13.0 Å². The summed E-state index contributed by atoms with van der Waals surface area (Å²) < 4.78 is 12.8. The third-order valence-corrected chi connectivity index (χ3v) is 2.27. The van der Waals surface area contributed by atoms with Crippen LogP contribution in [-0.2, 0) is 6.54 Å². The maximum absolute atomic E-state index is 12.8. The monoisotopic (exact) mass is 212 g/mol. The summed E-state index contributed by atoms with van der Waals surface area (Å²) in [6.45, 7) is 4.69. The minimum Gasteiger partial charge on any atom is -0.396 e. The molecule has 0 unspecified atom stereocenters. The van der Waals surface area contributed by atoms with E-state index in [-0.39, 0.29) is 18.0 Å². The number of hydrogen-bond acceptors (Lipinski definition) is 3. The Balaban J connectivity index is 2.49. The van der Waals surface area contributed by atoms with Crippen molar-refractivity contribution in [3.63, 3.8) is 0 Å². The molecule has 0 aliphatic carbocycles. The Labute approximate surface area is 89.4 Å². The Bertz CT molecular complexity index is 315. The minimum absolute atomic E-state index is 0.140. The predicted molar refractivity (Wildman–Crippen MR) is 56.8 cm³/mol. The Morgan fingerprint density at radius 2 is 2.20 bits per heavy atom. The molecule has 0 aromatic carbocycles. The van der Waals surface area contributed by atoms with Crippen molar-refractivity contribution in [1.29, 1.82) is 0 Å². The Kier molecular flexibility index (Phi) is 4.17. The van der Waals surface area contributed by atoms with Gasteiger partial charge in [0.15, 0.2) is 0 Å². The molecule has 0 bridgehead atoms. The summed E-state index contributed by atoms with van der Waals surface area (Å²) >= 11 is 0. The molecule has 84 valence electrons. The van der Waals surface area contributed by atoms with E-state index in [4.69, 9.17) is 5.11 Å². The van der Waals surface area contributed by atoms with Crippen molar-refractivity contribution >= 4 is 0 Å². The number of aromatic nitrogens is 1. The molecule has 1 heterocycles. The van der Waals surface area contributed by atoms with Crippen molar-refractivity contribution in [3.05, 3.63) is 29.8 Å². The van der Waals surface area contributed by atoms with E-state index >= 15 is 0 Å². The molecule has 1 aromatic heterocycles. The van der Waals surface area contributed by atoms with Crippen LogP contribution in [0.2, 0.25) is 0 Å². The highest BCUT2D eigenvalue weighted by atomic mass is 19.1. The Morgan fingerprint density at radius 3 is 2.80 bits per heavy atom. The van der Waals surface area contributed by atoms with Crippen molar-refractivity contribution in [2.24, 2.45) is 0 Å². The minimum atomic E-state index is -0.325. The van der Waals surface area contributed by atoms with Crippen LogP contribution in [0.25, 0.3) is 0 Å². The van der Waals surface area contributed by atoms with Gasteiger partial charge in [0.2, 0.25) is 0 Å². The maximum Gasteiger partial charge on any atom is 0.141 e. The Morgan fingerprint density at radius 1 is 1.47 bits per heavy atom. The molecular weight excluding hydrogens is 195 g/mol. The lowest BCUT2D eigenvalue weighted by molar-refractivity contribution is 0.230. The van der Waals surface area contributed by atoms with Gasteiger partial charge in [0.1, 0.15) is 5.82 Å². The molecule has 3 nitrogen and oxygen atoms in total. The number of nitrogens with zero attached hydrogens (tertiary/aromatic N) is 1. The lowest BCUT2D eigenvalue weighted by Gasteiger charge is -2.25. The normalized spacial score (nSPS) is 11.7. The van der Waals surface area contributed by atoms with Gasteiger partial charge in [0.25, 0.3) is 0 Å². The van der Waals surface area contributed by atoms with Crippen LogP contribution in [0.4, 0.5) is 4.39 Å². The smallest absolute Gasteiger partial charge is 0.141 e. The van der Waals surface area contributed by atoms with Crippen LogP contribution >= 0.6 is 0 Å². The first-order chi connectivity index (χ1) is 7.03. The van der Waals surface area contributed by atoms with Crippen LogP contribution in [0.1, 0.15) is 25.8 Å². The molecule has 1 aromatic rings. The highest BCUT2D eigenvalue weighted by Crippen LogP contribution is 2.09. The topological polar surface area (TPSA) is 45.1 Å². The molecule has 0 fully saturated rings. The first kappa shape index (κ1) is 12.1. The van der Waals surface area contributed by atoms with Crippen LogP contribution < -0.4 is 5.32 Å². The first-order valence-corrected chi connectivity index (χ1v) is 4.99. The lowest BCUT2D eigenvalue weighted by Crippen LogP contribution is -2.39. The summed E-state index contributed by atoms with van der Waals surface area (Å²) in [5.41, 5.74) is 0.655. The second-order valence-electron chi connectivity index (χ2n) is 4.22. The van der Waals surface area contributed by atoms with Crippen molar-refractivity contribution in [2.75, 3.05) is 6.61 Å². The average Bonchev–Trinajstić information content (AvgIpc) is 2.15. The van der Waals surface area contributed by atoms with Crippen LogP contribution in [0, 0.1) is 5.82 Å². The zero-order valence-corrected chi connectivity index (χ0v) is 9.13. The van der Waals surface area contributed by atoms with E-state index in [1.165, 1.54) is 12.3 Å². The standard InChI is InChI=1S/C11H17FN2O/c1-11(2,3-4-15)14-7-9-5-10(12)8-13-6-9/h5-6,8,14-15H,3-4,7H2,1-2H3. The first-order valence-electron chi connectivity index (χ1n) is 4.99. The molecule has 15 heavy (non-hydrogen) atoms. The van der Waals surface area contributed by atoms with E-state index in [1.807, 2.05) is 13.8 Å². The second-order valence-corrected chi connectivity index (χ2v) is 4.22. The zero-order valence-electron chi connectivity index (χ0n) is 9.13. The van der Waals surface area contributed by atoms with Gasteiger partial charge < -0.3 is 10.4 Å². The van der Waals surface area contributed by atoms with E-state index in [2.05, 4.69) is 10.3 Å². The number of pyridine rings is 1. The number of halogens is 1. The maximum atomic E-state index is 12.8. The zero-order chi connectivity index (χ0) is 11.3. The quantitative estimate of drug-likeness (QED) is 0.777. The molecule has 0 aliphatic heterocycles.